The van der Waals surface area contributed by atoms with Crippen LogP contribution in [0.5, 0.6) is 5.75 Å². The zero-order valence-corrected chi connectivity index (χ0v) is 14.9. The average molecular weight is 364 g/mol. The molecule has 0 unspecified atom stereocenters. The zero-order chi connectivity index (χ0) is 19.0. The van der Waals surface area contributed by atoms with E-state index in [-0.39, 0.29) is 18.0 Å². The predicted molar refractivity (Wildman–Crippen MR) is 101 cm³/mol. The summed E-state index contributed by atoms with van der Waals surface area (Å²) in [4.78, 5) is 12.1. The summed E-state index contributed by atoms with van der Waals surface area (Å²) in [7, 11) is 0. The third-order valence-corrected chi connectivity index (χ3v) is 3.49. The minimum absolute atomic E-state index is 0.0650. The Balaban J connectivity index is 2.35. The number of nitrogens with one attached hydrogen (secondary N) is 2. The van der Waals surface area contributed by atoms with Crippen LogP contribution in [0.15, 0.2) is 34.5 Å². The van der Waals surface area contributed by atoms with Gasteiger partial charge in [-0.1, -0.05) is 17.3 Å². The number of unbranched alkanes of at least 4 members (excludes halogenated alkanes) is 1. The Morgan fingerprint density at radius 2 is 1.92 bits per heavy atom. The number of ether oxygens (including phenoxy) is 1. The summed E-state index contributed by atoms with van der Waals surface area (Å²) in [5.41, 5.74) is 6.33. The van der Waals surface area contributed by atoms with E-state index in [0.29, 0.717) is 19.7 Å². The highest BCUT2D eigenvalue weighted by Gasteiger charge is 2.12. The van der Waals surface area contributed by atoms with Crippen LogP contribution in [-0.4, -0.2) is 49.4 Å². The number of hydrazone groups is 1. The molecule has 9 heteroatoms. The Hall–Kier alpha value is -2.81. The smallest absolute Gasteiger partial charge is 0.269 e. The summed E-state index contributed by atoms with van der Waals surface area (Å²) in [6.07, 6.45) is 4.08. The third kappa shape index (κ3) is 8.88. The van der Waals surface area contributed by atoms with Crippen molar-refractivity contribution in [2.24, 2.45) is 21.8 Å². The first kappa shape index (κ1) is 21.2. The van der Waals surface area contributed by atoms with Crippen LogP contribution in [0.4, 0.5) is 0 Å². The van der Waals surface area contributed by atoms with Gasteiger partial charge in [0.15, 0.2) is 0 Å². The van der Waals surface area contributed by atoms with Crippen molar-refractivity contribution in [1.29, 1.82) is 0 Å². The number of carbonyl (C=O) groups excluding carboxylic acids is 1. The number of hydrogen-bond donors (Lipinski definition) is 5. The van der Waals surface area contributed by atoms with Crippen LogP contribution in [0.25, 0.3) is 0 Å². The molecule has 0 saturated heterocycles. The molecule has 0 aliphatic rings. The van der Waals surface area contributed by atoms with E-state index in [4.69, 9.17) is 21.5 Å². The van der Waals surface area contributed by atoms with Crippen LogP contribution in [0.1, 0.15) is 24.8 Å². The molecule has 0 radical (unpaired) electrons. The van der Waals surface area contributed by atoms with Crippen molar-refractivity contribution in [3.8, 4) is 5.75 Å². The van der Waals surface area contributed by atoms with E-state index in [1.165, 1.54) is 6.34 Å². The molecule has 26 heavy (non-hydrogen) atoms. The molecule has 1 aromatic rings. The standard InChI is InChI=1S/C17H28N6O3/c18-8-3-11-26-15-6-4-14(5-7-15)12-16(23-25)17(24)21-10-2-1-9-20-13-22-19/h4-7,13,25H,1-3,8-12,18-19H2,(H,20,22)(H,21,24). The Kier molecular flexibility index (Phi) is 11.0. The highest BCUT2D eigenvalue weighted by atomic mass is 16.5. The lowest BCUT2D eigenvalue weighted by Gasteiger charge is -2.08. The van der Waals surface area contributed by atoms with Crippen LogP contribution in [0.2, 0.25) is 0 Å². The van der Waals surface area contributed by atoms with Crippen LogP contribution in [0, 0.1) is 0 Å². The number of nitrogens with zero attached hydrogens (tertiary/aromatic N) is 2. The summed E-state index contributed by atoms with van der Waals surface area (Å²) >= 11 is 0. The number of hydrogen-bond acceptors (Lipinski definition) is 7. The fourth-order valence-corrected chi connectivity index (χ4v) is 2.10. The van der Waals surface area contributed by atoms with Gasteiger partial charge in [0.1, 0.15) is 17.8 Å². The molecule has 0 saturated carbocycles. The lowest BCUT2D eigenvalue weighted by atomic mass is 10.1. The molecule has 0 bridgehead atoms. The van der Waals surface area contributed by atoms with Crippen molar-refractivity contribution in [1.82, 2.24) is 10.6 Å². The van der Waals surface area contributed by atoms with Gasteiger partial charge in [-0.25, -0.2) is 0 Å². The second kappa shape index (κ2) is 13.5. The van der Waals surface area contributed by atoms with E-state index in [2.05, 4.69) is 20.9 Å². The fourth-order valence-electron chi connectivity index (χ4n) is 2.10. The Morgan fingerprint density at radius 3 is 2.58 bits per heavy atom. The molecule has 1 amide bonds. The van der Waals surface area contributed by atoms with Gasteiger partial charge in [0, 0.05) is 19.5 Å². The van der Waals surface area contributed by atoms with Gasteiger partial charge in [0.2, 0.25) is 0 Å². The minimum atomic E-state index is -0.382. The Labute approximate surface area is 153 Å². The summed E-state index contributed by atoms with van der Waals surface area (Å²) in [6.45, 7) is 2.36. The van der Waals surface area contributed by atoms with Gasteiger partial charge < -0.3 is 32.2 Å². The van der Waals surface area contributed by atoms with Crippen molar-refractivity contribution in [2.45, 2.75) is 25.7 Å². The van der Waals surface area contributed by atoms with Crippen molar-refractivity contribution < 1.29 is 14.7 Å². The molecule has 0 atom stereocenters. The molecule has 7 N–H and O–H groups in total. The number of amides is 1. The summed E-state index contributed by atoms with van der Waals surface area (Å²) in [5, 5.41) is 21.2. The van der Waals surface area contributed by atoms with Gasteiger partial charge in [0.05, 0.1) is 6.61 Å². The van der Waals surface area contributed by atoms with Crippen molar-refractivity contribution in [2.75, 3.05) is 26.2 Å². The van der Waals surface area contributed by atoms with Crippen LogP contribution >= 0.6 is 0 Å². The normalized spacial score (nSPS) is 11.5. The Morgan fingerprint density at radius 1 is 1.19 bits per heavy atom. The largest absolute Gasteiger partial charge is 0.494 e. The van der Waals surface area contributed by atoms with E-state index in [0.717, 1.165) is 37.1 Å². The van der Waals surface area contributed by atoms with E-state index >= 15 is 0 Å². The first-order chi connectivity index (χ1) is 12.7. The molecule has 1 aromatic carbocycles. The lowest BCUT2D eigenvalue weighted by molar-refractivity contribution is -0.115. The topological polar surface area (TPSA) is 147 Å². The van der Waals surface area contributed by atoms with Crippen LogP contribution in [-0.2, 0) is 11.2 Å². The maximum absolute atomic E-state index is 12.1. The quantitative estimate of drug-likeness (QED) is 0.0842. The molecule has 1 rings (SSSR count). The van der Waals surface area contributed by atoms with Gasteiger partial charge in [-0.3, -0.25) is 4.79 Å². The van der Waals surface area contributed by atoms with Gasteiger partial charge in [-0.15, -0.1) is 0 Å². The number of benzene rings is 1. The SMILES string of the molecule is NCCCOc1ccc(CC(=NO)C(=O)NCCCCNC=NN)cc1. The Bertz CT molecular complexity index is 574. The molecule has 0 aliphatic carbocycles. The lowest BCUT2D eigenvalue weighted by Crippen LogP contribution is -2.33. The highest BCUT2D eigenvalue weighted by molar-refractivity contribution is 6.39. The van der Waals surface area contributed by atoms with E-state index in [1.54, 1.807) is 0 Å². The fraction of sp³-hybridized carbons (Fsp3) is 0.471. The second-order valence-corrected chi connectivity index (χ2v) is 5.55. The number of nitrogens with two attached hydrogens (primary N) is 2. The minimum Gasteiger partial charge on any atom is -0.494 e. The molecule has 0 aliphatic heterocycles. The summed E-state index contributed by atoms with van der Waals surface area (Å²) in [5.74, 6) is 5.31. The molecular formula is C17H28N6O3. The van der Waals surface area contributed by atoms with Crippen LogP contribution in [0.3, 0.4) is 0 Å². The maximum Gasteiger partial charge on any atom is 0.269 e. The molecular weight excluding hydrogens is 336 g/mol. The first-order valence-electron chi connectivity index (χ1n) is 8.57. The zero-order valence-electron chi connectivity index (χ0n) is 14.9. The molecule has 9 nitrogen and oxygen atoms in total. The number of carbonyl (C=O) groups is 1. The molecule has 0 fully saturated rings. The highest BCUT2D eigenvalue weighted by Crippen LogP contribution is 2.13. The first-order valence-corrected chi connectivity index (χ1v) is 8.57. The second-order valence-electron chi connectivity index (χ2n) is 5.55. The number of oxime groups is 1. The van der Waals surface area contributed by atoms with Crippen molar-refractivity contribution in [3.63, 3.8) is 0 Å². The third-order valence-electron chi connectivity index (χ3n) is 3.49. The summed E-state index contributed by atoms with van der Waals surface area (Å²) < 4.78 is 5.52. The van der Waals surface area contributed by atoms with E-state index < -0.39 is 0 Å². The van der Waals surface area contributed by atoms with Gasteiger partial charge in [0.25, 0.3) is 5.91 Å². The van der Waals surface area contributed by atoms with Crippen LogP contribution < -0.4 is 26.9 Å². The monoisotopic (exact) mass is 364 g/mol. The van der Waals surface area contributed by atoms with Crippen molar-refractivity contribution in [3.05, 3.63) is 29.8 Å². The van der Waals surface area contributed by atoms with Crippen molar-refractivity contribution >= 4 is 18.0 Å². The number of rotatable bonds is 13. The molecule has 0 heterocycles. The maximum atomic E-state index is 12.1. The molecule has 0 aromatic heterocycles. The van der Waals surface area contributed by atoms with Gasteiger partial charge >= 0.3 is 0 Å². The molecule has 0 spiro atoms. The predicted octanol–water partition coefficient (Wildman–Crippen LogP) is 0.175. The van der Waals surface area contributed by atoms with Gasteiger partial charge in [-0.2, -0.15) is 5.10 Å². The molecule has 144 valence electrons. The van der Waals surface area contributed by atoms with Gasteiger partial charge in [-0.05, 0) is 43.5 Å². The summed E-state index contributed by atoms with van der Waals surface area (Å²) in [6, 6.07) is 7.30. The van der Waals surface area contributed by atoms with E-state index in [1.807, 2.05) is 24.3 Å². The average Bonchev–Trinajstić information content (AvgIpc) is 2.66. The van der Waals surface area contributed by atoms with E-state index in [9.17, 15) is 4.79 Å².